The molecule has 8 heteroatoms. The maximum Gasteiger partial charge on any atom is 0.276 e. The second-order valence-corrected chi connectivity index (χ2v) is 7.45. The van der Waals surface area contributed by atoms with Crippen LogP contribution in [0.4, 0.5) is 17.5 Å². The lowest BCUT2D eigenvalue weighted by molar-refractivity contribution is 0.602. The monoisotopic (exact) mass is 356 g/mol. The van der Waals surface area contributed by atoms with E-state index in [1.165, 1.54) is 18.2 Å². The fourth-order valence-corrected chi connectivity index (χ4v) is 2.98. The number of aromatic nitrogens is 2. The van der Waals surface area contributed by atoms with E-state index in [1.54, 1.807) is 16.7 Å². The van der Waals surface area contributed by atoms with Crippen LogP contribution in [0.3, 0.4) is 0 Å². The van der Waals surface area contributed by atoms with Crippen LogP contribution in [0.15, 0.2) is 70.4 Å². The molecule has 0 spiro atoms. The summed E-state index contributed by atoms with van der Waals surface area (Å²) < 4.78 is 24.7. The van der Waals surface area contributed by atoms with Crippen LogP contribution in [0.1, 0.15) is 0 Å². The molecule has 2 aromatic carbocycles. The molecule has 7 nitrogen and oxygen atoms in total. The van der Waals surface area contributed by atoms with E-state index in [4.69, 9.17) is 5.73 Å². The number of benzene rings is 2. The molecule has 0 aliphatic carbocycles. The molecule has 0 fully saturated rings. The molecule has 0 aliphatic heterocycles. The first-order valence-electron chi connectivity index (χ1n) is 7.37. The Hall–Kier alpha value is -3.13. The Morgan fingerprint density at radius 1 is 1.04 bits per heavy atom. The van der Waals surface area contributed by atoms with Crippen molar-refractivity contribution in [2.24, 2.45) is 0 Å². The van der Waals surface area contributed by atoms with E-state index in [1.807, 2.05) is 30.3 Å². The zero-order chi connectivity index (χ0) is 18.0. The Labute approximate surface area is 144 Å². The van der Waals surface area contributed by atoms with Crippen molar-refractivity contribution in [3.8, 4) is 5.69 Å². The van der Waals surface area contributed by atoms with Crippen LogP contribution in [0.25, 0.3) is 5.69 Å². The third kappa shape index (κ3) is 3.69. The third-order valence-corrected chi connectivity index (χ3v) is 4.64. The Morgan fingerprint density at radius 3 is 2.28 bits per heavy atom. The summed E-state index contributed by atoms with van der Waals surface area (Å²) in [5.41, 5.74) is 6.84. The van der Waals surface area contributed by atoms with Gasteiger partial charge < -0.3 is 11.1 Å². The van der Waals surface area contributed by atoms with Gasteiger partial charge in [-0.15, -0.1) is 0 Å². The molecule has 0 aliphatic rings. The molecule has 0 saturated heterocycles. The number of nitrogens with zero attached hydrogens (tertiary/aromatic N) is 2. The number of nitrogens with two attached hydrogens (primary N) is 1. The highest BCUT2D eigenvalue weighted by atomic mass is 32.2. The lowest BCUT2D eigenvalue weighted by Gasteiger charge is -2.16. The summed E-state index contributed by atoms with van der Waals surface area (Å²) in [5, 5.41) is 3.01. The first-order valence-corrected chi connectivity index (χ1v) is 9.26. The molecule has 0 atom stereocenters. The van der Waals surface area contributed by atoms with Gasteiger partial charge in [-0.3, -0.25) is 9.36 Å². The van der Waals surface area contributed by atoms with E-state index in [2.05, 4.69) is 10.3 Å². The number of hydrogen-bond donors (Lipinski definition) is 2. The van der Waals surface area contributed by atoms with Crippen molar-refractivity contribution in [1.82, 2.24) is 9.55 Å². The summed E-state index contributed by atoms with van der Waals surface area (Å²) >= 11 is 0. The van der Waals surface area contributed by atoms with Gasteiger partial charge in [0, 0.05) is 18.0 Å². The predicted octanol–water partition coefficient (Wildman–Crippen LogP) is 1.96. The summed E-state index contributed by atoms with van der Waals surface area (Å²) in [7, 11) is -3.28. The normalized spacial score (nSPS) is 11.2. The average molecular weight is 356 g/mol. The fourth-order valence-electron chi connectivity index (χ4n) is 2.35. The maximum atomic E-state index is 11.7. The van der Waals surface area contributed by atoms with Gasteiger partial charge in [-0.05, 0) is 36.4 Å². The summed E-state index contributed by atoms with van der Waals surface area (Å²) in [5.74, 6) is 0.477. The van der Waals surface area contributed by atoms with Crippen molar-refractivity contribution >= 4 is 27.3 Å². The molecule has 0 saturated carbocycles. The summed E-state index contributed by atoms with van der Waals surface area (Å²) in [6.07, 6.45) is 1.14. The standard InChI is InChI=1S/C17H16N4O3S/c1-25(23,24)14-9-7-12(8-10-14)19-17-20-16(22)11-15(18)21(17)13-5-3-2-4-6-13/h2-11H,18H2,1H3,(H,19,20,22). The molecule has 3 N–H and O–H groups in total. The van der Waals surface area contributed by atoms with Crippen molar-refractivity contribution < 1.29 is 8.42 Å². The Bertz CT molecular complexity index is 1060. The van der Waals surface area contributed by atoms with Gasteiger partial charge >= 0.3 is 0 Å². The van der Waals surface area contributed by atoms with E-state index in [-0.39, 0.29) is 16.7 Å². The molecule has 3 rings (SSSR count). The lowest BCUT2D eigenvalue weighted by Crippen LogP contribution is -2.18. The second kappa shape index (κ2) is 6.40. The van der Waals surface area contributed by atoms with Gasteiger partial charge in [0.2, 0.25) is 5.95 Å². The van der Waals surface area contributed by atoms with E-state index < -0.39 is 15.4 Å². The van der Waals surface area contributed by atoms with Crippen LogP contribution in [0.5, 0.6) is 0 Å². The number of hydrogen-bond acceptors (Lipinski definition) is 6. The van der Waals surface area contributed by atoms with E-state index in [0.29, 0.717) is 5.69 Å². The molecular weight excluding hydrogens is 340 g/mol. The smallest absolute Gasteiger partial charge is 0.276 e. The molecular formula is C17H16N4O3S. The Balaban J connectivity index is 2.04. The summed E-state index contributed by atoms with van der Waals surface area (Å²) in [6, 6.07) is 16.6. The van der Waals surface area contributed by atoms with Crippen molar-refractivity contribution in [2.75, 3.05) is 17.3 Å². The van der Waals surface area contributed by atoms with Gasteiger partial charge in [0.25, 0.3) is 5.56 Å². The highest BCUT2D eigenvalue weighted by molar-refractivity contribution is 7.90. The number of rotatable bonds is 4. The summed E-state index contributed by atoms with van der Waals surface area (Å²) in [6.45, 7) is 0. The van der Waals surface area contributed by atoms with Crippen molar-refractivity contribution in [3.63, 3.8) is 0 Å². The van der Waals surface area contributed by atoms with E-state index >= 15 is 0 Å². The molecule has 0 amide bonds. The van der Waals surface area contributed by atoms with Gasteiger partial charge in [0.1, 0.15) is 5.82 Å². The van der Waals surface area contributed by atoms with E-state index in [9.17, 15) is 13.2 Å². The van der Waals surface area contributed by atoms with Crippen molar-refractivity contribution in [3.05, 3.63) is 71.0 Å². The molecule has 128 valence electrons. The molecule has 0 bridgehead atoms. The Morgan fingerprint density at radius 2 is 1.68 bits per heavy atom. The Kier molecular flexibility index (Phi) is 4.28. The number of para-hydroxylation sites is 1. The highest BCUT2D eigenvalue weighted by Gasteiger charge is 2.11. The zero-order valence-corrected chi connectivity index (χ0v) is 14.2. The molecule has 0 radical (unpaired) electrons. The SMILES string of the molecule is CS(=O)(=O)c1ccc(Nc2nc(=O)cc(N)n2-c2ccccc2)cc1. The van der Waals surface area contributed by atoms with Gasteiger partial charge in [0.05, 0.1) is 10.6 Å². The number of anilines is 3. The van der Waals surface area contributed by atoms with Crippen LogP contribution in [0, 0.1) is 0 Å². The van der Waals surface area contributed by atoms with Gasteiger partial charge in [-0.1, -0.05) is 18.2 Å². The van der Waals surface area contributed by atoms with Crippen LogP contribution in [-0.4, -0.2) is 24.2 Å². The molecule has 25 heavy (non-hydrogen) atoms. The number of sulfone groups is 1. The zero-order valence-electron chi connectivity index (χ0n) is 13.4. The van der Waals surface area contributed by atoms with Crippen LogP contribution in [-0.2, 0) is 9.84 Å². The van der Waals surface area contributed by atoms with Crippen molar-refractivity contribution in [1.29, 1.82) is 0 Å². The third-order valence-electron chi connectivity index (χ3n) is 3.51. The largest absolute Gasteiger partial charge is 0.385 e. The minimum absolute atomic E-state index is 0.207. The quantitative estimate of drug-likeness (QED) is 0.740. The minimum Gasteiger partial charge on any atom is -0.385 e. The molecule has 1 heterocycles. The molecule has 3 aromatic rings. The van der Waals surface area contributed by atoms with Gasteiger partial charge in [-0.2, -0.15) is 4.98 Å². The summed E-state index contributed by atoms with van der Waals surface area (Å²) in [4.78, 5) is 15.9. The lowest BCUT2D eigenvalue weighted by atomic mass is 10.3. The minimum atomic E-state index is -3.28. The van der Waals surface area contributed by atoms with Gasteiger partial charge in [0.15, 0.2) is 9.84 Å². The topological polar surface area (TPSA) is 107 Å². The first-order chi connectivity index (χ1) is 11.8. The second-order valence-electron chi connectivity index (χ2n) is 5.44. The molecule has 0 unspecified atom stereocenters. The molecule has 1 aromatic heterocycles. The average Bonchev–Trinajstić information content (AvgIpc) is 2.55. The number of nitrogens with one attached hydrogen (secondary N) is 1. The van der Waals surface area contributed by atoms with Crippen LogP contribution < -0.4 is 16.6 Å². The van der Waals surface area contributed by atoms with Crippen LogP contribution in [0.2, 0.25) is 0 Å². The van der Waals surface area contributed by atoms with Crippen molar-refractivity contribution in [2.45, 2.75) is 4.90 Å². The van der Waals surface area contributed by atoms with Crippen LogP contribution >= 0.6 is 0 Å². The first kappa shape index (κ1) is 16.7. The fraction of sp³-hybridized carbons (Fsp3) is 0.0588. The van der Waals surface area contributed by atoms with Gasteiger partial charge in [-0.25, -0.2) is 8.42 Å². The predicted molar refractivity (Wildman–Crippen MR) is 97.1 cm³/mol. The highest BCUT2D eigenvalue weighted by Crippen LogP contribution is 2.22. The number of nitrogen functional groups attached to an aromatic ring is 1. The maximum absolute atomic E-state index is 11.7. The van der Waals surface area contributed by atoms with E-state index in [0.717, 1.165) is 11.9 Å².